The highest BCUT2D eigenvalue weighted by molar-refractivity contribution is 7.12. The summed E-state index contributed by atoms with van der Waals surface area (Å²) in [7, 11) is 0. The van der Waals surface area contributed by atoms with Crippen LogP contribution in [0.25, 0.3) is 0 Å². The molecule has 6 nitrogen and oxygen atoms in total. The first-order valence-electron chi connectivity index (χ1n) is 9.86. The molecule has 0 radical (unpaired) electrons. The van der Waals surface area contributed by atoms with E-state index in [9.17, 15) is 22.8 Å². The first-order chi connectivity index (χ1) is 14.8. The first kappa shape index (κ1) is 21.9. The van der Waals surface area contributed by atoms with Crippen LogP contribution in [0.4, 0.5) is 19.0 Å². The van der Waals surface area contributed by atoms with Gasteiger partial charge in [-0.3, -0.25) is 9.59 Å². The van der Waals surface area contributed by atoms with E-state index < -0.39 is 17.8 Å². The Morgan fingerprint density at radius 2 is 1.90 bits per heavy atom. The Labute approximate surface area is 186 Å². The fourth-order valence-electron chi connectivity index (χ4n) is 3.98. The van der Waals surface area contributed by atoms with Gasteiger partial charge in [0.2, 0.25) is 5.91 Å². The van der Waals surface area contributed by atoms with E-state index >= 15 is 0 Å². The lowest BCUT2D eigenvalue weighted by molar-refractivity contribution is -0.138. The summed E-state index contributed by atoms with van der Waals surface area (Å²) in [5.41, 5.74) is -0.896. The third-order valence-electron chi connectivity index (χ3n) is 5.57. The predicted octanol–water partition coefficient (Wildman–Crippen LogP) is 3.77. The molecule has 0 aliphatic carbocycles. The molecular weight excluding hydrogens is 453 g/mol. The molecule has 0 aromatic carbocycles. The maximum atomic E-state index is 13.1. The summed E-state index contributed by atoms with van der Waals surface area (Å²) in [6.07, 6.45) is -2.33. The van der Waals surface area contributed by atoms with Crippen LogP contribution in [0.5, 0.6) is 0 Å². The molecule has 0 saturated carbocycles. The molecule has 4 heterocycles. The summed E-state index contributed by atoms with van der Waals surface area (Å²) in [5.74, 6) is 0.0656. The lowest BCUT2D eigenvalue weighted by Gasteiger charge is -2.38. The molecule has 0 bridgehead atoms. The van der Waals surface area contributed by atoms with Crippen molar-refractivity contribution in [1.82, 2.24) is 14.8 Å². The maximum Gasteiger partial charge on any atom is 0.417 e. The summed E-state index contributed by atoms with van der Waals surface area (Å²) >= 11 is 7.40. The quantitative estimate of drug-likeness (QED) is 0.682. The van der Waals surface area contributed by atoms with Crippen molar-refractivity contribution in [3.8, 4) is 0 Å². The molecule has 2 aliphatic heterocycles. The second-order valence-electron chi connectivity index (χ2n) is 7.47. The van der Waals surface area contributed by atoms with E-state index in [-0.39, 0.29) is 22.7 Å². The topological polar surface area (TPSA) is 56.8 Å². The van der Waals surface area contributed by atoms with Gasteiger partial charge in [0.1, 0.15) is 11.9 Å². The monoisotopic (exact) mass is 472 g/mol. The molecule has 4 rings (SSSR count). The molecule has 0 unspecified atom stereocenters. The number of amides is 2. The zero-order valence-corrected chi connectivity index (χ0v) is 18.0. The second-order valence-corrected chi connectivity index (χ2v) is 8.83. The molecule has 166 valence electrons. The molecule has 2 aromatic rings. The van der Waals surface area contributed by atoms with Gasteiger partial charge in [-0.1, -0.05) is 17.7 Å². The highest BCUT2D eigenvalue weighted by atomic mass is 35.5. The van der Waals surface area contributed by atoms with Crippen molar-refractivity contribution in [2.45, 2.75) is 25.1 Å². The zero-order chi connectivity index (χ0) is 22.2. The number of halogens is 4. The van der Waals surface area contributed by atoms with Gasteiger partial charge in [-0.05, 0) is 30.4 Å². The van der Waals surface area contributed by atoms with Crippen LogP contribution in [-0.2, 0) is 11.0 Å². The zero-order valence-electron chi connectivity index (χ0n) is 16.4. The van der Waals surface area contributed by atoms with Crippen molar-refractivity contribution in [2.75, 3.05) is 37.6 Å². The second kappa shape index (κ2) is 8.66. The summed E-state index contributed by atoms with van der Waals surface area (Å²) in [6, 6.07) is 3.96. The Kier molecular flexibility index (Phi) is 6.11. The molecule has 2 aromatic heterocycles. The number of pyridine rings is 1. The number of carbonyl (C=O) groups is 2. The molecule has 2 saturated heterocycles. The molecule has 0 spiro atoms. The largest absolute Gasteiger partial charge is 0.417 e. The van der Waals surface area contributed by atoms with Crippen LogP contribution in [0.3, 0.4) is 0 Å². The number of anilines is 1. The average Bonchev–Trinajstić information content (AvgIpc) is 3.44. The molecule has 0 N–H and O–H groups in total. The lowest BCUT2D eigenvalue weighted by atomic mass is 10.1. The maximum absolute atomic E-state index is 13.1. The third kappa shape index (κ3) is 4.50. The minimum Gasteiger partial charge on any atom is -0.352 e. The highest BCUT2D eigenvalue weighted by Gasteiger charge is 2.38. The predicted molar refractivity (Wildman–Crippen MR) is 111 cm³/mol. The summed E-state index contributed by atoms with van der Waals surface area (Å²) in [5, 5.41) is 1.76. The van der Waals surface area contributed by atoms with Gasteiger partial charge in [0.05, 0.1) is 15.5 Å². The van der Waals surface area contributed by atoms with Crippen molar-refractivity contribution in [3.63, 3.8) is 0 Å². The van der Waals surface area contributed by atoms with Crippen molar-refractivity contribution >= 4 is 40.6 Å². The van der Waals surface area contributed by atoms with Crippen molar-refractivity contribution < 1.29 is 22.8 Å². The van der Waals surface area contributed by atoms with E-state index in [0.717, 1.165) is 18.7 Å². The van der Waals surface area contributed by atoms with E-state index in [4.69, 9.17) is 11.6 Å². The third-order valence-corrected chi connectivity index (χ3v) is 6.71. The standard InChI is InChI=1S/C20H20ClF3N4O2S/c21-14-11-13(20(22,23)24)12-25-17(14)26-6-8-27(9-7-26)18(29)15-3-1-5-28(15)19(30)16-4-2-10-31-16/h2,4,10-12,15H,1,3,5-9H2/t15-/m0/s1. The fourth-order valence-corrected chi connectivity index (χ4v) is 4.94. The Morgan fingerprint density at radius 3 is 2.52 bits per heavy atom. The van der Waals surface area contributed by atoms with Gasteiger partial charge in [0.25, 0.3) is 5.91 Å². The molecule has 1 atom stereocenters. The number of carbonyl (C=O) groups excluding carboxylic acids is 2. The smallest absolute Gasteiger partial charge is 0.352 e. The van der Waals surface area contributed by atoms with Gasteiger partial charge >= 0.3 is 6.18 Å². The number of hydrogen-bond donors (Lipinski definition) is 0. The van der Waals surface area contributed by atoms with Crippen LogP contribution >= 0.6 is 22.9 Å². The van der Waals surface area contributed by atoms with Gasteiger partial charge in [-0.2, -0.15) is 13.2 Å². The first-order valence-corrected chi connectivity index (χ1v) is 11.1. The van der Waals surface area contributed by atoms with Crippen LogP contribution in [0.1, 0.15) is 28.1 Å². The van der Waals surface area contributed by atoms with Crippen LogP contribution in [-0.4, -0.2) is 65.4 Å². The van der Waals surface area contributed by atoms with E-state index in [2.05, 4.69) is 4.98 Å². The van der Waals surface area contributed by atoms with Gasteiger partial charge in [0, 0.05) is 38.9 Å². The molecule has 2 fully saturated rings. The normalized spacial score (nSPS) is 19.7. The van der Waals surface area contributed by atoms with Gasteiger partial charge in [0.15, 0.2) is 0 Å². The number of likely N-dealkylation sites (tertiary alicyclic amines) is 1. The molecule has 31 heavy (non-hydrogen) atoms. The van der Waals surface area contributed by atoms with Crippen LogP contribution in [0, 0.1) is 0 Å². The van der Waals surface area contributed by atoms with Gasteiger partial charge in [-0.15, -0.1) is 11.3 Å². The van der Waals surface area contributed by atoms with Gasteiger partial charge in [-0.25, -0.2) is 4.98 Å². The Morgan fingerprint density at radius 1 is 1.16 bits per heavy atom. The van der Waals surface area contributed by atoms with Crippen molar-refractivity contribution in [2.24, 2.45) is 0 Å². The molecule has 2 amide bonds. The Balaban J connectivity index is 1.39. The fraction of sp³-hybridized carbons (Fsp3) is 0.450. The average molecular weight is 473 g/mol. The van der Waals surface area contributed by atoms with Crippen LogP contribution in [0.15, 0.2) is 29.8 Å². The number of rotatable bonds is 3. The lowest BCUT2D eigenvalue weighted by Crippen LogP contribution is -2.54. The van der Waals surface area contributed by atoms with Crippen LogP contribution in [0.2, 0.25) is 5.02 Å². The molecular formula is C20H20ClF3N4O2S. The SMILES string of the molecule is O=C([C@@H]1CCCN1C(=O)c1cccs1)N1CCN(c2ncc(C(F)(F)F)cc2Cl)CC1. The minimum absolute atomic E-state index is 0.0712. The van der Waals surface area contributed by atoms with Crippen molar-refractivity contribution in [1.29, 1.82) is 0 Å². The van der Waals surface area contributed by atoms with E-state index in [1.807, 2.05) is 11.4 Å². The number of hydrogen-bond acceptors (Lipinski definition) is 5. The summed E-state index contributed by atoms with van der Waals surface area (Å²) in [4.78, 5) is 35.5. The number of alkyl halides is 3. The highest BCUT2D eigenvalue weighted by Crippen LogP contribution is 2.34. The number of aromatic nitrogens is 1. The number of nitrogens with zero attached hydrogens (tertiary/aromatic N) is 4. The van der Waals surface area contributed by atoms with E-state index in [0.29, 0.717) is 44.0 Å². The number of thiophene rings is 1. The number of piperazine rings is 1. The summed E-state index contributed by atoms with van der Waals surface area (Å²) < 4.78 is 38.5. The molecule has 2 aliphatic rings. The Bertz CT molecular complexity index is 962. The van der Waals surface area contributed by atoms with E-state index in [1.54, 1.807) is 20.8 Å². The van der Waals surface area contributed by atoms with Crippen molar-refractivity contribution in [3.05, 3.63) is 45.2 Å². The molecule has 11 heteroatoms. The minimum atomic E-state index is -4.51. The summed E-state index contributed by atoms with van der Waals surface area (Å²) in [6.45, 7) is 2.12. The van der Waals surface area contributed by atoms with Gasteiger partial charge < -0.3 is 14.7 Å². The Hall–Kier alpha value is -2.33. The van der Waals surface area contributed by atoms with E-state index in [1.165, 1.54) is 11.3 Å². The van der Waals surface area contributed by atoms with Crippen LogP contribution < -0.4 is 4.90 Å².